The molecular formula is C20H24N2O. The van der Waals surface area contributed by atoms with E-state index < -0.39 is 0 Å². The second-order valence-electron chi connectivity index (χ2n) is 6.55. The summed E-state index contributed by atoms with van der Waals surface area (Å²) in [7, 11) is 2.09. The topological polar surface area (TPSA) is 32.3 Å². The Morgan fingerprint density at radius 3 is 2.48 bits per heavy atom. The van der Waals surface area contributed by atoms with Crippen molar-refractivity contribution < 1.29 is 4.79 Å². The molecule has 23 heavy (non-hydrogen) atoms. The Balaban J connectivity index is 1.66. The predicted octanol–water partition coefficient (Wildman–Crippen LogP) is 2.96. The Hall–Kier alpha value is -2.13. The summed E-state index contributed by atoms with van der Waals surface area (Å²) in [6, 6.07) is 18.7. The molecule has 0 unspecified atom stereocenters. The van der Waals surface area contributed by atoms with Gasteiger partial charge in [-0.25, -0.2) is 0 Å². The summed E-state index contributed by atoms with van der Waals surface area (Å²) >= 11 is 0. The van der Waals surface area contributed by atoms with Crippen LogP contribution in [0, 0.1) is 12.8 Å². The van der Waals surface area contributed by atoms with Gasteiger partial charge in [0.25, 0.3) is 0 Å². The molecule has 1 N–H and O–H groups in total. The van der Waals surface area contributed by atoms with E-state index in [1.807, 2.05) is 6.07 Å². The first-order chi connectivity index (χ1) is 11.1. The van der Waals surface area contributed by atoms with Gasteiger partial charge >= 0.3 is 0 Å². The number of nitrogens with one attached hydrogen (secondary N) is 1. The maximum absolute atomic E-state index is 12.7. The molecule has 1 amide bonds. The zero-order valence-electron chi connectivity index (χ0n) is 13.8. The van der Waals surface area contributed by atoms with Gasteiger partial charge in [-0.05, 0) is 25.1 Å². The average molecular weight is 308 g/mol. The van der Waals surface area contributed by atoms with Gasteiger partial charge in [0.15, 0.2) is 0 Å². The number of aryl methyl sites for hydroxylation is 1. The minimum absolute atomic E-state index is 0.0212. The van der Waals surface area contributed by atoms with Crippen molar-refractivity contribution >= 4 is 5.91 Å². The lowest BCUT2D eigenvalue weighted by Crippen LogP contribution is -2.34. The highest BCUT2D eigenvalue weighted by atomic mass is 16.1. The largest absolute Gasteiger partial charge is 0.352 e. The van der Waals surface area contributed by atoms with Gasteiger partial charge in [0.05, 0.1) is 5.92 Å². The molecule has 1 heterocycles. The van der Waals surface area contributed by atoms with E-state index in [9.17, 15) is 4.79 Å². The summed E-state index contributed by atoms with van der Waals surface area (Å²) in [5.41, 5.74) is 3.64. The fraction of sp³-hybridized carbons (Fsp3) is 0.350. The quantitative estimate of drug-likeness (QED) is 0.942. The summed E-state index contributed by atoms with van der Waals surface area (Å²) in [5.74, 6) is 0.454. The number of rotatable bonds is 4. The zero-order valence-corrected chi connectivity index (χ0v) is 13.8. The molecule has 120 valence electrons. The minimum Gasteiger partial charge on any atom is -0.352 e. The lowest BCUT2D eigenvalue weighted by atomic mass is 9.88. The number of nitrogens with zero attached hydrogens (tertiary/aromatic N) is 1. The molecule has 2 atom stereocenters. The average Bonchev–Trinajstić information content (AvgIpc) is 2.97. The van der Waals surface area contributed by atoms with Crippen LogP contribution in [0.25, 0.3) is 0 Å². The highest BCUT2D eigenvalue weighted by Gasteiger charge is 2.36. The highest BCUT2D eigenvalue weighted by molar-refractivity contribution is 5.80. The van der Waals surface area contributed by atoms with Crippen molar-refractivity contribution in [1.29, 1.82) is 0 Å². The molecule has 1 fully saturated rings. The number of amides is 1. The summed E-state index contributed by atoms with van der Waals surface area (Å²) in [4.78, 5) is 14.9. The van der Waals surface area contributed by atoms with Gasteiger partial charge in [0.1, 0.15) is 0 Å². The van der Waals surface area contributed by atoms with Gasteiger partial charge < -0.3 is 10.2 Å². The van der Waals surface area contributed by atoms with Crippen molar-refractivity contribution in [3.63, 3.8) is 0 Å². The third-order valence-corrected chi connectivity index (χ3v) is 4.65. The van der Waals surface area contributed by atoms with Crippen molar-refractivity contribution in [3.05, 3.63) is 71.3 Å². The standard InChI is InChI=1S/C20H24N2O/c1-15-8-10-16(11-9-15)12-21-20(23)19-14-22(2)13-18(19)17-6-4-3-5-7-17/h3-11,18-19H,12-14H2,1-2H3,(H,21,23)/t18-,19-/m0/s1. The van der Waals surface area contributed by atoms with Crippen LogP contribution in [0.4, 0.5) is 0 Å². The van der Waals surface area contributed by atoms with Crippen LogP contribution in [0.3, 0.4) is 0 Å². The molecule has 2 aromatic carbocycles. The molecule has 0 bridgehead atoms. The minimum atomic E-state index is 0.0212. The lowest BCUT2D eigenvalue weighted by molar-refractivity contribution is -0.125. The van der Waals surface area contributed by atoms with Crippen molar-refractivity contribution in [1.82, 2.24) is 10.2 Å². The third-order valence-electron chi connectivity index (χ3n) is 4.65. The Kier molecular flexibility index (Phi) is 4.77. The van der Waals surface area contributed by atoms with Gasteiger partial charge in [-0.3, -0.25) is 4.79 Å². The van der Waals surface area contributed by atoms with Gasteiger partial charge in [-0.15, -0.1) is 0 Å². The van der Waals surface area contributed by atoms with Crippen molar-refractivity contribution in [2.24, 2.45) is 5.92 Å². The molecule has 0 spiro atoms. The van der Waals surface area contributed by atoms with Gasteiger partial charge in [-0.1, -0.05) is 60.2 Å². The molecule has 1 aliphatic rings. The number of hydrogen-bond donors (Lipinski definition) is 1. The van der Waals surface area contributed by atoms with Crippen LogP contribution >= 0.6 is 0 Å². The first kappa shape index (κ1) is 15.8. The van der Waals surface area contributed by atoms with Crippen LogP contribution in [0.15, 0.2) is 54.6 Å². The van der Waals surface area contributed by atoms with Gasteiger partial charge in [-0.2, -0.15) is 0 Å². The molecule has 3 nitrogen and oxygen atoms in total. The Labute approximate surface area is 138 Å². The lowest BCUT2D eigenvalue weighted by Gasteiger charge is -2.18. The molecule has 0 saturated carbocycles. The fourth-order valence-corrected chi connectivity index (χ4v) is 3.33. The van der Waals surface area contributed by atoms with E-state index in [0.717, 1.165) is 18.7 Å². The smallest absolute Gasteiger partial charge is 0.225 e. The SMILES string of the molecule is Cc1ccc(CNC(=O)[C@H]2CN(C)C[C@H]2c2ccccc2)cc1. The normalized spacial score (nSPS) is 21.3. The van der Waals surface area contributed by atoms with Crippen LogP contribution < -0.4 is 5.32 Å². The van der Waals surface area contributed by atoms with E-state index in [0.29, 0.717) is 6.54 Å². The second kappa shape index (κ2) is 6.97. The van der Waals surface area contributed by atoms with Crippen molar-refractivity contribution in [2.75, 3.05) is 20.1 Å². The molecule has 1 aliphatic heterocycles. The van der Waals surface area contributed by atoms with E-state index in [4.69, 9.17) is 0 Å². The first-order valence-electron chi connectivity index (χ1n) is 8.20. The Morgan fingerprint density at radius 2 is 1.78 bits per heavy atom. The predicted molar refractivity (Wildman–Crippen MR) is 93.2 cm³/mol. The van der Waals surface area contributed by atoms with Crippen LogP contribution in [0.5, 0.6) is 0 Å². The molecule has 0 radical (unpaired) electrons. The maximum atomic E-state index is 12.7. The summed E-state index contributed by atoms with van der Waals surface area (Å²) in [6.45, 7) is 4.42. The zero-order chi connectivity index (χ0) is 16.2. The van der Waals surface area contributed by atoms with Gasteiger partial charge in [0, 0.05) is 25.6 Å². The monoisotopic (exact) mass is 308 g/mol. The third kappa shape index (κ3) is 3.80. The molecule has 2 aromatic rings. The number of benzene rings is 2. The first-order valence-corrected chi connectivity index (χ1v) is 8.20. The number of carbonyl (C=O) groups is 1. The summed E-state index contributed by atoms with van der Waals surface area (Å²) < 4.78 is 0. The van der Waals surface area contributed by atoms with Crippen LogP contribution in [-0.2, 0) is 11.3 Å². The van der Waals surface area contributed by atoms with E-state index in [-0.39, 0.29) is 17.7 Å². The molecule has 0 aromatic heterocycles. The van der Waals surface area contributed by atoms with E-state index in [2.05, 4.69) is 72.7 Å². The summed E-state index contributed by atoms with van der Waals surface area (Å²) in [5, 5.41) is 3.12. The van der Waals surface area contributed by atoms with Gasteiger partial charge in [0.2, 0.25) is 5.91 Å². The highest BCUT2D eigenvalue weighted by Crippen LogP contribution is 2.32. The molecular weight excluding hydrogens is 284 g/mol. The fourth-order valence-electron chi connectivity index (χ4n) is 3.33. The van der Waals surface area contributed by atoms with Crippen LogP contribution in [-0.4, -0.2) is 30.9 Å². The Bertz CT molecular complexity index is 651. The molecule has 1 saturated heterocycles. The van der Waals surface area contributed by atoms with Crippen LogP contribution in [0.1, 0.15) is 22.6 Å². The van der Waals surface area contributed by atoms with E-state index in [1.165, 1.54) is 11.1 Å². The maximum Gasteiger partial charge on any atom is 0.225 e. The summed E-state index contributed by atoms with van der Waals surface area (Å²) in [6.07, 6.45) is 0. The van der Waals surface area contributed by atoms with E-state index >= 15 is 0 Å². The Morgan fingerprint density at radius 1 is 1.09 bits per heavy atom. The number of likely N-dealkylation sites (tertiary alicyclic amines) is 1. The van der Waals surface area contributed by atoms with Crippen molar-refractivity contribution in [2.45, 2.75) is 19.4 Å². The van der Waals surface area contributed by atoms with Crippen molar-refractivity contribution in [3.8, 4) is 0 Å². The number of carbonyl (C=O) groups excluding carboxylic acids is 1. The molecule has 0 aliphatic carbocycles. The van der Waals surface area contributed by atoms with Crippen LogP contribution in [0.2, 0.25) is 0 Å². The van der Waals surface area contributed by atoms with E-state index in [1.54, 1.807) is 0 Å². The number of likely N-dealkylation sites (N-methyl/N-ethyl adjacent to an activating group) is 1. The second-order valence-corrected chi connectivity index (χ2v) is 6.55. The number of hydrogen-bond acceptors (Lipinski definition) is 2. The molecule has 3 rings (SSSR count). The molecule has 3 heteroatoms.